The Morgan fingerprint density at radius 3 is 2.59 bits per heavy atom. The molecule has 2 N–H and O–H groups in total. The zero-order chi connectivity index (χ0) is 12.6. The van der Waals surface area contributed by atoms with E-state index in [2.05, 4.69) is 0 Å². The van der Waals surface area contributed by atoms with Crippen molar-refractivity contribution in [3.05, 3.63) is 29.3 Å². The molecule has 1 aromatic carbocycles. The lowest BCUT2D eigenvalue weighted by molar-refractivity contribution is -0.153. The van der Waals surface area contributed by atoms with E-state index < -0.39 is 17.5 Å². The van der Waals surface area contributed by atoms with Crippen LogP contribution in [0.25, 0.3) is 0 Å². The van der Waals surface area contributed by atoms with Crippen LogP contribution in [0.3, 0.4) is 0 Å². The van der Waals surface area contributed by atoms with Gasteiger partial charge in [0, 0.05) is 0 Å². The topological polar surface area (TPSA) is 66.8 Å². The fourth-order valence-corrected chi connectivity index (χ4v) is 2.61. The van der Waals surface area contributed by atoms with Crippen molar-refractivity contribution in [2.24, 2.45) is 0 Å². The molecule has 1 fully saturated rings. The standard InChI is InChI=1S/C13H16O4/c1-8-10(4-3-5-11(8)17-2)13(12(15)16)6-9(14)7-13/h3-5,9,14H,6-7H2,1-2H3,(H,15,16). The Kier molecular flexibility index (Phi) is 2.83. The maximum absolute atomic E-state index is 11.4. The van der Waals surface area contributed by atoms with Crippen LogP contribution in [0, 0.1) is 6.92 Å². The van der Waals surface area contributed by atoms with Crippen LogP contribution >= 0.6 is 0 Å². The number of methoxy groups -OCH3 is 1. The first kappa shape index (κ1) is 11.9. The number of aliphatic carboxylic acids is 1. The average Bonchev–Trinajstić information content (AvgIpc) is 2.25. The molecule has 92 valence electrons. The van der Waals surface area contributed by atoms with Crippen LogP contribution in [-0.2, 0) is 10.2 Å². The molecule has 0 amide bonds. The number of aliphatic hydroxyl groups excluding tert-OH is 1. The summed E-state index contributed by atoms with van der Waals surface area (Å²) in [5.41, 5.74) is 0.636. The predicted molar refractivity (Wildman–Crippen MR) is 62.3 cm³/mol. The van der Waals surface area contributed by atoms with E-state index in [1.165, 1.54) is 0 Å². The molecule has 4 heteroatoms. The Labute approximate surface area is 99.8 Å². The summed E-state index contributed by atoms with van der Waals surface area (Å²) < 4.78 is 5.20. The normalized spacial score (nSPS) is 27.4. The zero-order valence-electron chi connectivity index (χ0n) is 9.93. The Morgan fingerprint density at radius 2 is 2.12 bits per heavy atom. The summed E-state index contributed by atoms with van der Waals surface area (Å²) in [5, 5.41) is 18.8. The first-order valence-electron chi connectivity index (χ1n) is 5.57. The molecule has 0 unspecified atom stereocenters. The zero-order valence-corrected chi connectivity index (χ0v) is 9.93. The van der Waals surface area contributed by atoms with Crippen molar-refractivity contribution in [1.29, 1.82) is 0 Å². The molecule has 0 spiro atoms. The number of hydrogen-bond donors (Lipinski definition) is 2. The molecule has 1 aliphatic rings. The Bertz CT molecular complexity index is 447. The van der Waals surface area contributed by atoms with E-state index in [0.717, 1.165) is 11.1 Å². The van der Waals surface area contributed by atoms with E-state index >= 15 is 0 Å². The summed E-state index contributed by atoms with van der Waals surface area (Å²) in [5.74, 6) is -0.191. The molecule has 0 bridgehead atoms. The van der Waals surface area contributed by atoms with Crippen LogP contribution in [-0.4, -0.2) is 29.4 Å². The third-order valence-corrected chi connectivity index (χ3v) is 3.60. The lowest BCUT2D eigenvalue weighted by Gasteiger charge is -2.43. The average molecular weight is 236 g/mol. The van der Waals surface area contributed by atoms with Gasteiger partial charge in [0.05, 0.1) is 18.6 Å². The number of carboxylic acid groups (broad SMARTS) is 1. The highest BCUT2D eigenvalue weighted by Gasteiger charge is 2.52. The molecule has 0 aromatic heterocycles. The number of rotatable bonds is 3. The Balaban J connectivity index is 2.48. The molecule has 1 aliphatic carbocycles. The first-order valence-corrected chi connectivity index (χ1v) is 5.57. The number of ether oxygens (including phenoxy) is 1. The molecule has 1 aromatic rings. The SMILES string of the molecule is COc1cccc(C2(C(=O)O)CC(O)C2)c1C. The number of benzene rings is 1. The van der Waals surface area contributed by atoms with Crippen molar-refractivity contribution in [2.45, 2.75) is 31.3 Å². The molecule has 17 heavy (non-hydrogen) atoms. The van der Waals surface area contributed by atoms with Gasteiger partial charge in [-0.25, -0.2) is 0 Å². The Hall–Kier alpha value is -1.55. The van der Waals surface area contributed by atoms with Crippen molar-refractivity contribution < 1.29 is 19.7 Å². The molecule has 0 heterocycles. The summed E-state index contributed by atoms with van der Waals surface area (Å²) in [6, 6.07) is 5.40. The third kappa shape index (κ3) is 1.69. The highest BCUT2D eigenvalue weighted by atomic mass is 16.5. The first-order chi connectivity index (χ1) is 8.01. The van der Waals surface area contributed by atoms with Gasteiger partial charge in [0.15, 0.2) is 0 Å². The van der Waals surface area contributed by atoms with Gasteiger partial charge in [0.25, 0.3) is 0 Å². The maximum atomic E-state index is 11.4. The summed E-state index contributed by atoms with van der Waals surface area (Å²) in [6.45, 7) is 1.85. The van der Waals surface area contributed by atoms with Crippen molar-refractivity contribution in [3.63, 3.8) is 0 Å². The number of carbonyl (C=O) groups is 1. The monoisotopic (exact) mass is 236 g/mol. The minimum atomic E-state index is -0.946. The van der Waals surface area contributed by atoms with Gasteiger partial charge in [0.1, 0.15) is 5.75 Å². The van der Waals surface area contributed by atoms with E-state index in [0.29, 0.717) is 5.75 Å². The predicted octanol–water partition coefficient (Wildman–Crippen LogP) is 1.48. The fraction of sp³-hybridized carbons (Fsp3) is 0.462. The maximum Gasteiger partial charge on any atom is 0.314 e. The van der Waals surface area contributed by atoms with Crippen LogP contribution in [0.1, 0.15) is 24.0 Å². The number of aliphatic hydroxyl groups is 1. The van der Waals surface area contributed by atoms with Gasteiger partial charge in [-0.3, -0.25) is 4.79 Å². The molecule has 0 saturated heterocycles. The van der Waals surface area contributed by atoms with Crippen LogP contribution < -0.4 is 4.74 Å². The van der Waals surface area contributed by atoms with E-state index in [-0.39, 0.29) is 12.8 Å². The lowest BCUT2D eigenvalue weighted by atomic mass is 9.62. The molecule has 0 atom stereocenters. The van der Waals surface area contributed by atoms with E-state index in [1.807, 2.05) is 13.0 Å². The van der Waals surface area contributed by atoms with Crippen LogP contribution in [0.2, 0.25) is 0 Å². The van der Waals surface area contributed by atoms with E-state index in [9.17, 15) is 15.0 Å². The second kappa shape index (κ2) is 4.04. The highest BCUT2D eigenvalue weighted by Crippen LogP contribution is 2.46. The van der Waals surface area contributed by atoms with Crippen molar-refractivity contribution >= 4 is 5.97 Å². The second-order valence-corrected chi connectivity index (χ2v) is 4.58. The molecule has 1 saturated carbocycles. The molecule has 4 nitrogen and oxygen atoms in total. The van der Waals surface area contributed by atoms with E-state index in [1.54, 1.807) is 19.2 Å². The minimum absolute atomic E-state index is 0.274. The largest absolute Gasteiger partial charge is 0.496 e. The van der Waals surface area contributed by atoms with Gasteiger partial charge < -0.3 is 14.9 Å². The summed E-state index contributed by atoms with van der Waals surface area (Å²) in [4.78, 5) is 11.4. The lowest BCUT2D eigenvalue weighted by Crippen LogP contribution is -2.51. The van der Waals surface area contributed by atoms with Crippen molar-refractivity contribution in [1.82, 2.24) is 0 Å². The van der Waals surface area contributed by atoms with Gasteiger partial charge in [-0.15, -0.1) is 0 Å². The molecule has 0 radical (unpaired) electrons. The second-order valence-electron chi connectivity index (χ2n) is 4.58. The number of hydrogen-bond acceptors (Lipinski definition) is 3. The van der Waals surface area contributed by atoms with E-state index in [4.69, 9.17) is 4.74 Å². The van der Waals surface area contributed by atoms with Crippen molar-refractivity contribution in [3.8, 4) is 5.75 Å². The summed E-state index contributed by atoms with van der Waals surface area (Å²) in [7, 11) is 1.56. The van der Waals surface area contributed by atoms with Gasteiger partial charge in [-0.2, -0.15) is 0 Å². The highest BCUT2D eigenvalue weighted by molar-refractivity contribution is 5.84. The fourth-order valence-electron chi connectivity index (χ4n) is 2.61. The minimum Gasteiger partial charge on any atom is -0.496 e. The molecule has 2 rings (SSSR count). The van der Waals surface area contributed by atoms with Crippen LogP contribution in [0.4, 0.5) is 0 Å². The summed E-state index contributed by atoms with van der Waals surface area (Å²) in [6.07, 6.45) is 0.0314. The van der Waals surface area contributed by atoms with Gasteiger partial charge in [0.2, 0.25) is 0 Å². The van der Waals surface area contributed by atoms with Gasteiger partial charge in [-0.05, 0) is 37.0 Å². The third-order valence-electron chi connectivity index (χ3n) is 3.60. The molecular formula is C13H16O4. The smallest absolute Gasteiger partial charge is 0.314 e. The number of carboxylic acids is 1. The van der Waals surface area contributed by atoms with Crippen LogP contribution in [0.15, 0.2) is 18.2 Å². The van der Waals surface area contributed by atoms with Crippen molar-refractivity contribution in [2.75, 3.05) is 7.11 Å². The Morgan fingerprint density at radius 1 is 1.47 bits per heavy atom. The molecule has 0 aliphatic heterocycles. The molecular weight excluding hydrogens is 220 g/mol. The van der Waals surface area contributed by atoms with Crippen LogP contribution in [0.5, 0.6) is 5.75 Å². The summed E-state index contributed by atoms with van der Waals surface area (Å²) >= 11 is 0. The quantitative estimate of drug-likeness (QED) is 0.834. The van der Waals surface area contributed by atoms with Gasteiger partial charge in [-0.1, -0.05) is 12.1 Å². The van der Waals surface area contributed by atoms with Gasteiger partial charge >= 0.3 is 5.97 Å².